The van der Waals surface area contributed by atoms with Gasteiger partial charge in [0.25, 0.3) is 0 Å². The zero-order valence-corrected chi connectivity index (χ0v) is 20.6. The van der Waals surface area contributed by atoms with Crippen LogP contribution in [-0.2, 0) is 16.1 Å². The predicted molar refractivity (Wildman–Crippen MR) is 137 cm³/mol. The molecule has 1 N–H and O–H groups in total. The molecule has 5 rings (SSSR count). The molecule has 0 spiro atoms. The van der Waals surface area contributed by atoms with Gasteiger partial charge >= 0.3 is 5.97 Å². The number of amides is 1. The van der Waals surface area contributed by atoms with Gasteiger partial charge in [0.2, 0.25) is 5.91 Å². The van der Waals surface area contributed by atoms with Gasteiger partial charge in [0.1, 0.15) is 12.4 Å². The summed E-state index contributed by atoms with van der Waals surface area (Å²) in [7, 11) is 1.38. The Morgan fingerprint density at radius 2 is 1.74 bits per heavy atom. The van der Waals surface area contributed by atoms with Crippen LogP contribution in [0.25, 0.3) is 22.4 Å². The van der Waals surface area contributed by atoms with Crippen LogP contribution in [0.1, 0.15) is 74.6 Å². The Morgan fingerprint density at radius 1 is 1.00 bits per heavy atom. The second kappa shape index (κ2) is 10.2. The van der Waals surface area contributed by atoms with Crippen LogP contribution in [0.2, 0.25) is 0 Å². The summed E-state index contributed by atoms with van der Waals surface area (Å²) in [6.07, 6.45) is 12.1. The molecular formula is C29H35N3O3. The average Bonchev–Trinajstić information content (AvgIpc) is 3.27. The maximum absolute atomic E-state index is 13.6. The molecule has 1 aromatic heterocycles. The molecule has 0 radical (unpaired) electrons. The van der Waals surface area contributed by atoms with Crippen LogP contribution in [0, 0.1) is 5.92 Å². The molecule has 6 heteroatoms. The zero-order chi connectivity index (χ0) is 24.3. The Bertz CT molecular complexity index is 1200. The summed E-state index contributed by atoms with van der Waals surface area (Å²) in [4.78, 5) is 30.6. The highest BCUT2D eigenvalue weighted by atomic mass is 16.5. The van der Waals surface area contributed by atoms with Gasteiger partial charge in [-0.15, -0.1) is 0 Å². The fourth-order valence-electron chi connectivity index (χ4n) is 6.29. The number of rotatable bonds is 6. The molecule has 2 aliphatic carbocycles. The summed E-state index contributed by atoms with van der Waals surface area (Å²) in [6, 6.07) is 15.1. The average molecular weight is 474 g/mol. The molecule has 6 nitrogen and oxygen atoms in total. The SMILES string of the molecule is COC(=O)c1cccc(-c2nc3ccccc3n2CC(=O)NC2(C3CCCCC3)CCCCC2)c1. The molecule has 2 saturated carbocycles. The molecule has 2 aliphatic rings. The molecule has 1 heterocycles. The van der Waals surface area contributed by atoms with Crippen LogP contribution in [0.4, 0.5) is 0 Å². The molecule has 3 aromatic rings. The van der Waals surface area contributed by atoms with E-state index in [1.807, 2.05) is 41.0 Å². The zero-order valence-electron chi connectivity index (χ0n) is 20.6. The number of methoxy groups -OCH3 is 1. The number of fused-ring (bicyclic) bond motifs is 1. The van der Waals surface area contributed by atoms with Gasteiger partial charge in [-0.1, -0.05) is 62.8 Å². The number of ether oxygens (including phenoxy) is 1. The number of para-hydroxylation sites is 2. The summed E-state index contributed by atoms with van der Waals surface area (Å²) in [5, 5.41) is 3.56. The van der Waals surface area contributed by atoms with E-state index in [1.165, 1.54) is 58.5 Å². The van der Waals surface area contributed by atoms with E-state index in [1.54, 1.807) is 12.1 Å². The summed E-state index contributed by atoms with van der Waals surface area (Å²) in [6.45, 7) is 0.201. The van der Waals surface area contributed by atoms with Crippen LogP contribution >= 0.6 is 0 Å². The standard InChI is InChI=1S/C29H35N3O3/c1-35-28(34)22-12-10-11-21(19-22)27-30-24-15-6-7-16-25(24)32(27)20-26(33)31-29(17-8-3-9-18-29)23-13-4-2-5-14-23/h6-7,10-12,15-16,19,23H,2-5,8-9,13-14,17-18,20H2,1H3,(H,31,33). The fraction of sp³-hybridized carbons (Fsp3) is 0.483. The van der Waals surface area contributed by atoms with Crippen LogP contribution in [-0.4, -0.2) is 34.1 Å². The Labute approximate surface area is 207 Å². The van der Waals surface area contributed by atoms with Gasteiger partial charge in [-0.2, -0.15) is 0 Å². The number of aromatic nitrogens is 2. The van der Waals surface area contributed by atoms with E-state index < -0.39 is 0 Å². The summed E-state index contributed by atoms with van der Waals surface area (Å²) >= 11 is 0. The maximum atomic E-state index is 13.6. The third-order valence-corrected chi connectivity index (χ3v) is 8.02. The molecule has 184 valence electrons. The molecule has 0 bridgehead atoms. The van der Waals surface area contributed by atoms with Crippen LogP contribution in [0.3, 0.4) is 0 Å². The van der Waals surface area contributed by atoms with Gasteiger partial charge in [-0.25, -0.2) is 9.78 Å². The lowest BCUT2D eigenvalue weighted by Gasteiger charge is -2.46. The van der Waals surface area contributed by atoms with E-state index in [2.05, 4.69) is 5.32 Å². The van der Waals surface area contributed by atoms with Crippen molar-refractivity contribution in [3.63, 3.8) is 0 Å². The number of esters is 1. The maximum Gasteiger partial charge on any atom is 0.337 e. The number of hydrogen-bond donors (Lipinski definition) is 1. The van der Waals surface area contributed by atoms with Crippen molar-refractivity contribution < 1.29 is 14.3 Å². The van der Waals surface area contributed by atoms with Gasteiger partial charge in [0.05, 0.1) is 23.7 Å². The lowest BCUT2D eigenvalue weighted by Crippen LogP contribution is -2.56. The minimum Gasteiger partial charge on any atom is -0.465 e. The highest BCUT2D eigenvalue weighted by Crippen LogP contribution is 2.41. The van der Waals surface area contributed by atoms with Gasteiger partial charge in [-0.3, -0.25) is 4.79 Å². The van der Waals surface area contributed by atoms with Crippen molar-refractivity contribution in [2.24, 2.45) is 5.92 Å². The van der Waals surface area contributed by atoms with E-state index in [-0.39, 0.29) is 24.0 Å². The number of carbonyl (C=O) groups excluding carboxylic acids is 2. The van der Waals surface area contributed by atoms with Crippen molar-refractivity contribution in [3.8, 4) is 11.4 Å². The Kier molecular flexibility index (Phi) is 6.89. The van der Waals surface area contributed by atoms with E-state index in [4.69, 9.17) is 9.72 Å². The molecule has 0 unspecified atom stereocenters. The van der Waals surface area contributed by atoms with Crippen molar-refractivity contribution in [1.82, 2.24) is 14.9 Å². The molecule has 2 fully saturated rings. The van der Waals surface area contributed by atoms with Crippen molar-refractivity contribution in [2.45, 2.75) is 76.3 Å². The highest BCUT2D eigenvalue weighted by molar-refractivity contribution is 5.91. The first-order valence-corrected chi connectivity index (χ1v) is 13.0. The minimum absolute atomic E-state index is 0.0472. The topological polar surface area (TPSA) is 73.2 Å². The first-order chi connectivity index (χ1) is 17.1. The van der Waals surface area contributed by atoms with E-state index in [0.717, 1.165) is 29.4 Å². The lowest BCUT2D eigenvalue weighted by atomic mass is 9.67. The van der Waals surface area contributed by atoms with Crippen molar-refractivity contribution in [2.75, 3.05) is 7.11 Å². The molecule has 35 heavy (non-hydrogen) atoms. The van der Waals surface area contributed by atoms with Crippen LogP contribution in [0.5, 0.6) is 0 Å². The molecule has 0 saturated heterocycles. The van der Waals surface area contributed by atoms with E-state index in [0.29, 0.717) is 17.3 Å². The van der Waals surface area contributed by atoms with Crippen LogP contribution in [0.15, 0.2) is 48.5 Å². The summed E-state index contributed by atoms with van der Waals surface area (Å²) in [5.41, 5.74) is 2.93. The van der Waals surface area contributed by atoms with Gasteiger partial charge in [0, 0.05) is 11.1 Å². The quantitative estimate of drug-likeness (QED) is 0.453. The lowest BCUT2D eigenvalue weighted by molar-refractivity contribution is -0.125. The predicted octanol–water partition coefficient (Wildman–Crippen LogP) is 5.89. The summed E-state index contributed by atoms with van der Waals surface area (Å²) in [5.74, 6) is 0.920. The van der Waals surface area contributed by atoms with Gasteiger partial charge in [-0.05, 0) is 55.9 Å². The van der Waals surface area contributed by atoms with E-state index >= 15 is 0 Å². The van der Waals surface area contributed by atoms with Crippen molar-refractivity contribution in [3.05, 3.63) is 54.1 Å². The van der Waals surface area contributed by atoms with E-state index in [9.17, 15) is 9.59 Å². The first kappa shape index (κ1) is 23.6. The Balaban J connectivity index is 1.47. The monoisotopic (exact) mass is 473 g/mol. The number of hydrogen-bond acceptors (Lipinski definition) is 4. The highest BCUT2D eigenvalue weighted by Gasteiger charge is 2.41. The van der Waals surface area contributed by atoms with Crippen molar-refractivity contribution >= 4 is 22.9 Å². The number of nitrogens with zero attached hydrogens (tertiary/aromatic N) is 2. The third-order valence-electron chi connectivity index (χ3n) is 8.02. The third kappa shape index (κ3) is 4.84. The summed E-state index contributed by atoms with van der Waals surface area (Å²) < 4.78 is 6.89. The fourth-order valence-corrected chi connectivity index (χ4v) is 6.29. The minimum atomic E-state index is -0.390. The smallest absolute Gasteiger partial charge is 0.337 e. The number of benzene rings is 2. The normalized spacial score (nSPS) is 18.3. The van der Waals surface area contributed by atoms with Crippen LogP contribution < -0.4 is 5.32 Å². The second-order valence-corrected chi connectivity index (χ2v) is 10.2. The largest absolute Gasteiger partial charge is 0.465 e. The first-order valence-electron chi connectivity index (χ1n) is 13.0. The number of nitrogens with one attached hydrogen (secondary N) is 1. The molecule has 0 atom stereocenters. The van der Waals surface area contributed by atoms with Gasteiger partial charge in [0.15, 0.2) is 0 Å². The molecule has 1 amide bonds. The number of carbonyl (C=O) groups is 2. The number of imidazole rings is 1. The molecule has 0 aliphatic heterocycles. The Hall–Kier alpha value is -3.15. The Morgan fingerprint density at radius 3 is 2.51 bits per heavy atom. The second-order valence-electron chi connectivity index (χ2n) is 10.2. The van der Waals surface area contributed by atoms with Crippen molar-refractivity contribution in [1.29, 1.82) is 0 Å². The molecule has 2 aromatic carbocycles. The molecular weight excluding hydrogens is 438 g/mol. The van der Waals surface area contributed by atoms with Gasteiger partial charge < -0.3 is 14.6 Å².